The molecule has 0 atom stereocenters. The first kappa shape index (κ1) is 42.7. The van der Waals surface area contributed by atoms with Crippen molar-refractivity contribution in [3.05, 3.63) is 130 Å². The van der Waals surface area contributed by atoms with Crippen molar-refractivity contribution in [1.29, 1.82) is 0 Å². The maximum absolute atomic E-state index is 12.5. The first-order chi connectivity index (χ1) is 26.5. The van der Waals surface area contributed by atoms with Gasteiger partial charge in [0.05, 0.1) is 24.6 Å². The summed E-state index contributed by atoms with van der Waals surface area (Å²) in [6.45, 7) is 1.98. The van der Waals surface area contributed by atoms with Crippen molar-refractivity contribution in [2.75, 3.05) is 51.7 Å². The molecule has 288 valence electrons. The zero-order valence-corrected chi connectivity index (χ0v) is 34.6. The van der Waals surface area contributed by atoms with Crippen LogP contribution in [0.4, 0.5) is 11.4 Å². The summed E-state index contributed by atoms with van der Waals surface area (Å²) in [5.41, 5.74) is 11.9. The van der Waals surface area contributed by atoms with E-state index < -0.39 is 5.24 Å². The van der Waals surface area contributed by atoms with Crippen molar-refractivity contribution in [2.45, 2.75) is 0 Å². The van der Waals surface area contributed by atoms with Crippen LogP contribution in [0.3, 0.4) is 0 Å². The number of amides is 1. The zero-order valence-electron chi connectivity index (χ0n) is 30.7. The van der Waals surface area contributed by atoms with Gasteiger partial charge in [-0.15, -0.1) is 0 Å². The summed E-state index contributed by atoms with van der Waals surface area (Å²) in [5.74, 6) is 1.31. The molecular formula is C40H41Br2ClN6O6. The number of aromatic nitrogens is 4. The van der Waals surface area contributed by atoms with Gasteiger partial charge in [-0.3, -0.25) is 19.0 Å². The summed E-state index contributed by atoms with van der Waals surface area (Å²) >= 11 is 11.8. The Balaban J connectivity index is 0.000000205. The van der Waals surface area contributed by atoms with Crippen LogP contribution in [0.2, 0.25) is 0 Å². The number of nitrogen functional groups attached to an aromatic ring is 1. The van der Waals surface area contributed by atoms with E-state index in [-0.39, 0.29) is 5.91 Å². The van der Waals surface area contributed by atoms with E-state index in [9.17, 15) is 9.59 Å². The van der Waals surface area contributed by atoms with Gasteiger partial charge >= 0.3 is 0 Å². The number of methoxy groups -OCH3 is 2. The van der Waals surface area contributed by atoms with Crippen LogP contribution in [0, 0.1) is 0 Å². The molecule has 0 aliphatic carbocycles. The third-order valence-electron chi connectivity index (χ3n) is 7.66. The molecule has 0 bridgehead atoms. The van der Waals surface area contributed by atoms with E-state index in [1.54, 1.807) is 66.3 Å². The minimum absolute atomic E-state index is 0.180. The first-order valence-corrected chi connectivity index (χ1v) is 18.7. The second kappa shape index (κ2) is 21.8. The molecular weight excluding hydrogens is 856 g/mol. The number of nitrogens with zero attached hydrogens (tertiary/aromatic N) is 4. The van der Waals surface area contributed by atoms with Crippen LogP contribution in [-0.4, -0.2) is 71.4 Å². The molecule has 0 spiro atoms. The van der Waals surface area contributed by atoms with Gasteiger partial charge in [0.25, 0.3) is 11.1 Å². The molecule has 0 aliphatic heterocycles. The largest absolute Gasteiger partial charge is 0.490 e. The van der Waals surface area contributed by atoms with Gasteiger partial charge in [-0.25, -0.2) is 0 Å². The fourth-order valence-corrected chi connectivity index (χ4v) is 5.91. The lowest BCUT2D eigenvalue weighted by Gasteiger charge is -2.14. The number of halogens is 3. The van der Waals surface area contributed by atoms with Crippen LogP contribution in [-0.2, 0) is 23.6 Å². The van der Waals surface area contributed by atoms with E-state index in [0.717, 1.165) is 37.2 Å². The summed E-state index contributed by atoms with van der Waals surface area (Å²) < 4.78 is 26.8. The van der Waals surface area contributed by atoms with Gasteiger partial charge < -0.3 is 30.0 Å². The maximum Gasteiger partial charge on any atom is 0.255 e. The van der Waals surface area contributed by atoms with Crippen LogP contribution in [0.5, 0.6) is 11.5 Å². The highest BCUT2D eigenvalue weighted by Gasteiger charge is 2.14. The second-order valence-corrected chi connectivity index (χ2v) is 13.8. The van der Waals surface area contributed by atoms with Gasteiger partial charge in [-0.2, -0.15) is 10.2 Å². The topological polar surface area (TPSA) is 145 Å². The highest BCUT2D eigenvalue weighted by molar-refractivity contribution is 9.10. The van der Waals surface area contributed by atoms with Crippen LogP contribution in [0.25, 0.3) is 22.5 Å². The molecule has 6 aromatic rings. The Morgan fingerprint density at radius 2 is 1.20 bits per heavy atom. The standard InChI is InChI=1S/C20H20BrN3O3.C13H17N3O2.C7H4BrClO/c1-24-18(8-9-22-24)17-13-16(6-7-19(17)27-11-10-26-2)23-20(25)14-4-3-5-15(21)12-14;1-16-12(5-6-15-16)11-9-10(14)3-4-13(11)18-8-7-17-2;8-6-3-1-2-5(4-6)7(9)10/h3-9,12-13H,10-11H2,1-2H3,(H,23,25);3-6,9H,7-8,14H2,1-2H3;1-4H. The molecule has 0 unspecified atom stereocenters. The predicted octanol–water partition coefficient (Wildman–Crippen LogP) is 8.65. The number of carbonyl (C=O) groups excluding carboxylic acids is 2. The molecule has 0 radical (unpaired) electrons. The van der Waals surface area contributed by atoms with Gasteiger partial charge in [0.1, 0.15) is 24.7 Å². The number of hydrogen-bond donors (Lipinski definition) is 2. The maximum atomic E-state index is 12.5. The number of nitrogens with two attached hydrogens (primary N) is 1. The molecule has 1 amide bonds. The minimum Gasteiger partial charge on any atom is -0.490 e. The van der Waals surface area contributed by atoms with Gasteiger partial charge in [0.15, 0.2) is 0 Å². The van der Waals surface area contributed by atoms with Crippen LogP contribution in [0.15, 0.2) is 118 Å². The van der Waals surface area contributed by atoms with E-state index in [2.05, 4.69) is 47.4 Å². The van der Waals surface area contributed by atoms with Gasteiger partial charge in [0, 0.05) is 83.3 Å². The molecule has 55 heavy (non-hydrogen) atoms. The number of anilines is 2. The van der Waals surface area contributed by atoms with Gasteiger partial charge in [-0.1, -0.05) is 50.1 Å². The normalized spacial score (nSPS) is 10.4. The van der Waals surface area contributed by atoms with Crippen LogP contribution >= 0.6 is 43.5 Å². The molecule has 0 saturated heterocycles. The number of aryl methyl sites for hydroxylation is 2. The Bertz CT molecular complexity index is 2180. The number of rotatable bonds is 13. The molecule has 2 heterocycles. The fraction of sp³-hybridized carbons (Fsp3) is 0.200. The Labute approximate surface area is 341 Å². The third-order valence-corrected chi connectivity index (χ3v) is 8.87. The Kier molecular flexibility index (Phi) is 16.9. The van der Waals surface area contributed by atoms with Crippen molar-refractivity contribution < 1.29 is 28.5 Å². The lowest BCUT2D eigenvalue weighted by molar-refractivity contribution is 0.102. The molecule has 4 aromatic carbocycles. The van der Waals surface area contributed by atoms with Crippen molar-refractivity contribution in [1.82, 2.24) is 19.6 Å². The number of ether oxygens (including phenoxy) is 4. The SMILES string of the molecule is COCCOc1ccc(N)cc1-c1ccnn1C.COCCOc1ccc(NC(=O)c2cccc(Br)c2)cc1-c1ccnn1C.O=C(Cl)c1cccc(Br)c1. The van der Waals surface area contributed by atoms with Gasteiger partial charge in [-0.05, 0) is 90.5 Å². The molecule has 3 N–H and O–H groups in total. The summed E-state index contributed by atoms with van der Waals surface area (Å²) in [6.07, 6.45) is 3.47. The summed E-state index contributed by atoms with van der Waals surface area (Å²) in [7, 11) is 7.03. The fourth-order valence-electron chi connectivity index (χ4n) is 5.00. The molecule has 12 nitrogen and oxygen atoms in total. The van der Waals surface area contributed by atoms with Crippen molar-refractivity contribution in [3.8, 4) is 34.0 Å². The molecule has 0 aliphatic rings. The Morgan fingerprint density at radius 1 is 0.691 bits per heavy atom. The zero-order chi connectivity index (χ0) is 39.7. The van der Waals surface area contributed by atoms with Crippen molar-refractivity contribution >= 4 is 66.0 Å². The molecule has 0 saturated carbocycles. The van der Waals surface area contributed by atoms with E-state index >= 15 is 0 Å². The molecule has 2 aromatic heterocycles. The summed E-state index contributed by atoms with van der Waals surface area (Å²) in [5, 5.41) is 10.9. The van der Waals surface area contributed by atoms with E-state index in [0.29, 0.717) is 54.7 Å². The molecule has 0 fully saturated rings. The second-order valence-electron chi connectivity index (χ2n) is 11.6. The number of benzene rings is 4. The van der Waals surface area contributed by atoms with Crippen molar-refractivity contribution in [3.63, 3.8) is 0 Å². The molecule has 15 heteroatoms. The summed E-state index contributed by atoms with van der Waals surface area (Å²) in [4.78, 5) is 23.1. The van der Waals surface area contributed by atoms with Crippen LogP contribution in [0.1, 0.15) is 20.7 Å². The number of nitrogens with one attached hydrogen (secondary N) is 1. The smallest absolute Gasteiger partial charge is 0.255 e. The predicted molar refractivity (Wildman–Crippen MR) is 223 cm³/mol. The monoisotopic (exact) mass is 894 g/mol. The average molecular weight is 897 g/mol. The minimum atomic E-state index is -0.429. The number of carbonyl (C=O) groups is 2. The van der Waals surface area contributed by atoms with E-state index in [4.69, 9.17) is 36.3 Å². The average Bonchev–Trinajstić information content (AvgIpc) is 3.80. The Morgan fingerprint density at radius 3 is 1.67 bits per heavy atom. The lowest BCUT2D eigenvalue weighted by Crippen LogP contribution is -2.12. The van der Waals surface area contributed by atoms with E-state index in [1.807, 2.05) is 80.8 Å². The third kappa shape index (κ3) is 13.1. The summed E-state index contributed by atoms with van der Waals surface area (Å²) in [6, 6.07) is 29.1. The first-order valence-electron chi connectivity index (χ1n) is 16.8. The number of hydrogen-bond acceptors (Lipinski definition) is 9. The molecule has 6 rings (SSSR count). The highest BCUT2D eigenvalue weighted by Crippen LogP contribution is 2.33. The van der Waals surface area contributed by atoms with Crippen molar-refractivity contribution in [2.24, 2.45) is 14.1 Å². The van der Waals surface area contributed by atoms with Crippen LogP contribution < -0.4 is 20.5 Å². The highest BCUT2D eigenvalue weighted by atomic mass is 79.9. The van der Waals surface area contributed by atoms with E-state index in [1.165, 1.54) is 0 Å². The Hall–Kier alpha value is -4.99. The lowest BCUT2D eigenvalue weighted by atomic mass is 10.1. The van der Waals surface area contributed by atoms with Gasteiger partial charge in [0.2, 0.25) is 0 Å². The quantitative estimate of drug-likeness (QED) is 0.0661.